The van der Waals surface area contributed by atoms with E-state index in [9.17, 15) is 5.11 Å². The van der Waals surface area contributed by atoms with Gasteiger partial charge in [-0.25, -0.2) is 0 Å². The molecule has 2 aliphatic rings. The second-order valence-corrected chi connectivity index (χ2v) is 14.7. The van der Waals surface area contributed by atoms with Crippen LogP contribution in [0.15, 0.2) is 97.1 Å². The monoisotopic (exact) mass is 794 g/mol. The minimum absolute atomic E-state index is 0.134. The van der Waals surface area contributed by atoms with Crippen LogP contribution in [-0.4, -0.2) is 63.1 Å². The summed E-state index contributed by atoms with van der Waals surface area (Å²) < 4.78 is 33.7. The second kappa shape index (κ2) is 22.1. The van der Waals surface area contributed by atoms with Crippen LogP contribution in [0.4, 0.5) is 0 Å². The normalized spacial score (nSPS) is 14.7. The number of hydrogen-bond donors (Lipinski definition) is 1. The number of epoxide rings is 2. The van der Waals surface area contributed by atoms with Crippen LogP contribution < -0.4 is 18.9 Å². The van der Waals surface area contributed by atoms with Gasteiger partial charge in [0.15, 0.2) is 0 Å². The SMILES string of the molecule is C#CC#CC#CC#CC#CC#CC#C.CC(C)(c1ccc(OCC(O)COc2ccc(C(C)(C)c3ccc(OCC4CO4)cc3)cc2)cc1)c1ccc(OCC2CO2)cc1. The lowest BCUT2D eigenvalue weighted by Gasteiger charge is -2.26. The Hall–Kier alpha value is -7.12. The highest BCUT2D eigenvalue weighted by atomic mass is 16.6. The van der Waals surface area contributed by atoms with Gasteiger partial charge in [0.2, 0.25) is 0 Å². The van der Waals surface area contributed by atoms with Crippen molar-refractivity contribution in [3.05, 3.63) is 119 Å². The van der Waals surface area contributed by atoms with Gasteiger partial charge < -0.3 is 33.5 Å². The fourth-order valence-corrected chi connectivity index (χ4v) is 5.67. The van der Waals surface area contributed by atoms with Gasteiger partial charge in [0.25, 0.3) is 0 Å². The second-order valence-electron chi connectivity index (χ2n) is 14.7. The molecule has 4 aromatic rings. The molecule has 2 saturated heterocycles. The maximum absolute atomic E-state index is 10.5. The summed E-state index contributed by atoms with van der Waals surface area (Å²) in [6.07, 6.45) is 9.42. The Labute approximate surface area is 355 Å². The van der Waals surface area contributed by atoms with E-state index in [0.29, 0.717) is 24.7 Å². The Morgan fingerprint density at radius 2 is 0.733 bits per heavy atom. The summed E-state index contributed by atoms with van der Waals surface area (Å²) in [4.78, 5) is 0. The van der Waals surface area contributed by atoms with E-state index in [0.717, 1.165) is 24.7 Å². The summed E-state index contributed by atoms with van der Waals surface area (Å²) in [5.41, 5.74) is 4.33. The zero-order valence-corrected chi connectivity index (χ0v) is 34.3. The third-order valence-corrected chi connectivity index (χ3v) is 9.57. The number of rotatable bonds is 16. The summed E-state index contributed by atoms with van der Waals surface area (Å²) >= 11 is 0. The number of aliphatic hydroxyl groups excluding tert-OH is 1. The van der Waals surface area contributed by atoms with Gasteiger partial charge in [-0.3, -0.25) is 0 Å². The molecule has 0 aliphatic carbocycles. The van der Waals surface area contributed by atoms with Gasteiger partial charge in [-0.15, -0.1) is 12.8 Å². The van der Waals surface area contributed by atoms with Crippen molar-refractivity contribution in [3.8, 4) is 107 Å². The van der Waals surface area contributed by atoms with E-state index in [-0.39, 0.29) is 36.3 Å². The van der Waals surface area contributed by atoms with Gasteiger partial charge in [-0.1, -0.05) is 76.2 Å². The number of ether oxygens (including phenoxy) is 6. The van der Waals surface area contributed by atoms with Gasteiger partial charge in [0.1, 0.15) is 67.7 Å². The van der Waals surface area contributed by atoms with Crippen LogP contribution in [0.25, 0.3) is 0 Å². The Morgan fingerprint density at radius 1 is 0.483 bits per heavy atom. The van der Waals surface area contributed by atoms with Crippen LogP contribution in [0.1, 0.15) is 49.9 Å². The van der Waals surface area contributed by atoms with E-state index in [4.69, 9.17) is 41.3 Å². The average molecular weight is 795 g/mol. The highest BCUT2D eigenvalue weighted by Gasteiger charge is 2.26. The van der Waals surface area contributed by atoms with Crippen LogP contribution in [0.3, 0.4) is 0 Å². The zero-order chi connectivity index (χ0) is 42.6. The van der Waals surface area contributed by atoms with Gasteiger partial charge >= 0.3 is 0 Å². The van der Waals surface area contributed by atoms with Gasteiger partial charge in [0, 0.05) is 10.8 Å². The molecule has 0 aromatic heterocycles. The standard InChI is InChI=1S/C39H44O7.C14H2/c1-38(2,29-9-17-34(18-10-29)43-23-36-25-45-36)27-5-13-32(14-6-27)41-21-31(40)22-42-33-15-7-28(8-16-33)39(3,4)30-11-19-35(20-12-30)44-24-37-26-46-37;1-3-5-7-9-11-13-14-12-10-8-6-4-2/h5-20,31,36-37,40H,21-26H2,1-4H3;1-2H. The van der Waals surface area contributed by atoms with E-state index in [1.54, 1.807) is 0 Å². The first-order chi connectivity index (χ1) is 29.1. The predicted octanol–water partition coefficient (Wildman–Crippen LogP) is 6.98. The average Bonchev–Trinajstić information content (AvgIpc) is 4.22. The maximum atomic E-state index is 10.5. The van der Waals surface area contributed by atoms with Gasteiger partial charge in [-0.05, 0) is 142 Å². The van der Waals surface area contributed by atoms with E-state index in [1.807, 2.05) is 48.5 Å². The fourth-order valence-electron chi connectivity index (χ4n) is 5.67. The molecule has 60 heavy (non-hydrogen) atoms. The summed E-state index contributed by atoms with van der Waals surface area (Å²) in [7, 11) is 0. The lowest BCUT2D eigenvalue weighted by molar-refractivity contribution is 0.0626. The molecule has 6 rings (SSSR count). The Kier molecular flexibility index (Phi) is 16.2. The number of aliphatic hydroxyl groups is 1. The van der Waals surface area contributed by atoms with Crippen LogP contribution in [0.2, 0.25) is 0 Å². The van der Waals surface area contributed by atoms with Crippen molar-refractivity contribution in [2.45, 2.75) is 56.8 Å². The van der Waals surface area contributed by atoms with Crippen molar-refractivity contribution in [2.75, 3.05) is 39.6 Å². The van der Waals surface area contributed by atoms with Crippen LogP contribution >= 0.6 is 0 Å². The first-order valence-corrected chi connectivity index (χ1v) is 19.3. The summed E-state index contributed by atoms with van der Waals surface area (Å²) in [5, 5.41) is 10.5. The Morgan fingerprint density at radius 3 is 0.983 bits per heavy atom. The van der Waals surface area contributed by atoms with Crippen molar-refractivity contribution in [1.29, 1.82) is 0 Å². The number of terminal acetylenes is 2. The lowest BCUT2D eigenvalue weighted by Crippen LogP contribution is -2.25. The predicted molar refractivity (Wildman–Crippen MR) is 234 cm³/mol. The maximum Gasteiger partial charge on any atom is 0.122 e. The van der Waals surface area contributed by atoms with Gasteiger partial charge in [0.05, 0.1) is 13.2 Å². The molecule has 0 radical (unpaired) electrons. The smallest absolute Gasteiger partial charge is 0.122 e. The molecule has 0 saturated carbocycles. The molecule has 300 valence electrons. The molecule has 2 aliphatic heterocycles. The molecule has 4 aromatic carbocycles. The molecule has 7 heteroatoms. The molecule has 2 fully saturated rings. The molecule has 7 nitrogen and oxygen atoms in total. The highest BCUT2D eigenvalue weighted by Crippen LogP contribution is 2.35. The van der Waals surface area contributed by atoms with Crippen molar-refractivity contribution in [2.24, 2.45) is 0 Å². The van der Waals surface area contributed by atoms with Crippen molar-refractivity contribution in [1.82, 2.24) is 0 Å². The summed E-state index contributed by atoms with van der Waals surface area (Å²) in [6, 6.07) is 32.6. The largest absolute Gasteiger partial charge is 0.491 e. The summed E-state index contributed by atoms with van der Waals surface area (Å²) in [6.45, 7) is 11.8. The lowest BCUT2D eigenvalue weighted by atomic mass is 9.78. The zero-order valence-electron chi connectivity index (χ0n) is 34.3. The number of hydrogen-bond acceptors (Lipinski definition) is 7. The Bertz CT molecular complexity index is 2260. The quantitative estimate of drug-likeness (QED) is 0.0969. The first kappa shape index (κ1) is 44.0. The molecule has 0 amide bonds. The van der Waals surface area contributed by atoms with Crippen LogP contribution in [-0.2, 0) is 20.3 Å². The van der Waals surface area contributed by atoms with Crippen molar-refractivity contribution in [3.63, 3.8) is 0 Å². The Balaban J connectivity index is 0.000000419. The van der Waals surface area contributed by atoms with E-state index < -0.39 is 6.10 Å². The summed E-state index contributed by atoms with van der Waals surface area (Å²) in [5.74, 6) is 31.4. The van der Waals surface area contributed by atoms with E-state index in [1.165, 1.54) is 22.3 Å². The van der Waals surface area contributed by atoms with Crippen molar-refractivity contribution >= 4 is 0 Å². The highest BCUT2D eigenvalue weighted by molar-refractivity contribution is 5.46. The molecular weight excluding hydrogens is 749 g/mol. The van der Waals surface area contributed by atoms with E-state index in [2.05, 4.69) is 147 Å². The molecule has 0 spiro atoms. The van der Waals surface area contributed by atoms with Crippen molar-refractivity contribution < 1.29 is 33.5 Å². The fraction of sp³-hybridized carbons (Fsp3) is 0.283. The molecule has 1 N–H and O–H groups in total. The minimum atomic E-state index is -0.772. The van der Waals surface area contributed by atoms with E-state index >= 15 is 0 Å². The molecule has 2 unspecified atom stereocenters. The third kappa shape index (κ3) is 14.4. The first-order valence-electron chi connectivity index (χ1n) is 19.3. The third-order valence-electron chi connectivity index (χ3n) is 9.57. The van der Waals surface area contributed by atoms with Gasteiger partial charge in [-0.2, -0.15) is 0 Å². The topological polar surface area (TPSA) is 82.2 Å². The minimum Gasteiger partial charge on any atom is -0.491 e. The molecular formula is C53H46O7. The van der Waals surface area contributed by atoms with Crippen LogP contribution in [0.5, 0.6) is 23.0 Å². The number of benzene rings is 4. The molecule has 0 bridgehead atoms. The molecule has 2 heterocycles. The van der Waals surface area contributed by atoms with Crippen LogP contribution in [0, 0.1) is 83.9 Å². The molecule has 2 atom stereocenters.